The summed E-state index contributed by atoms with van der Waals surface area (Å²) in [4.78, 5) is 23.4. The zero-order valence-corrected chi connectivity index (χ0v) is 17.5. The average molecular weight is 412 g/mol. The smallest absolute Gasteiger partial charge is 0.271 e. The number of hydrogen-bond donors (Lipinski definition) is 1. The molecule has 1 atom stereocenters. The monoisotopic (exact) mass is 411 g/mol. The molecular formula is C19H29N3O5S. The Labute approximate surface area is 166 Å². The molecule has 1 fully saturated rings. The molecule has 0 aliphatic heterocycles. The Balaban J connectivity index is 2.29. The lowest BCUT2D eigenvalue weighted by Crippen LogP contribution is -2.50. The third-order valence-electron chi connectivity index (χ3n) is 5.18. The van der Waals surface area contributed by atoms with Crippen LogP contribution >= 0.6 is 0 Å². The van der Waals surface area contributed by atoms with Crippen molar-refractivity contribution in [2.24, 2.45) is 0 Å². The number of carbonyl (C=O) groups excluding carboxylic acids is 1. The fourth-order valence-corrected chi connectivity index (χ4v) is 4.88. The van der Waals surface area contributed by atoms with Crippen molar-refractivity contribution in [3.8, 4) is 0 Å². The second-order valence-electron chi connectivity index (χ2n) is 7.51. The van der Waals surface area contributed by atoms with Crippen molar-refractivity contribution in [1.29, 1.82) is 0 Å². The predicted molar refractivity (Wildman–Crippen MR) is 109 cm³/mol. The first-order valence-corrected chi connectivity index (χ1v) is 11.5. The van der Waals surface area contributed by atoms with Crippen molar-refractivity contribution in [2.75, 3.05) is 10.6 Å². The Hall–Kier alpha value is -2.16. The molecule has 0 saturated heterocycles. The Kier molecular flexibility index (Phi) is 7.40. The van der Waals surface area contributed by atoms with E-state index >= 15 is 0 Å². The predicted octanol–water partition coefficient (Wildman–Crippen LogP) is 3.29. The SMILES string of the molecule is Cc1ccc([N+](=O)[O-])cc1N([C@@H](C)C(=O)NC1CCCCCCC1)S(C)(=O)=O. The van der Waals surface area contributed by atoms with Gasteiger partial charge in [0.25, 0.3) is 5.69 Å². The van der Waals surface area contributed by atoms with E-state index in [1.807, 2.05) is 0 Å². The van der Waals surface area contributed by atoms with E-state index in [1.165, 1.54) is 31.5 Å². The normalized spacial score (nSPS) is 17.2. The third kappa shape index (κ3) is 5.67. The highest BCUT2D eigenvalue weighted by Gasteiger charge is 2.32. The number of nitrogens with one attached hydrogen (secondary N) is 1. The van der Waals surface area contributed by atoms with Gasteiger partial charge in [-0.1, -0.05) is 38.2 Å². The van der Waals surface area contributed by atoms with Crippen LogP contribution in [0.2, 0.25) is 0 Å². The zero-order valence-electron chi connectivity index (χ0n) is 16.7. The number of carbonyl (C=O) groups is 1. The molecule has 1 amide bonds. The molecule has 9 heteroatoms. The molecule has 0 aromatic heterocycles. The second-order valence-corrected chi connectivity index (χ2v) is 9.37. The summed E-state index contributed by atoms with van der Waals surface area (Å²) in [5, 5.41) is 14.1. The van der Waals surface area contributed by atoms with E-state index in [0.717, 1.165) is 49.1 Å². The Morgan fingerprint density at radius 1 is 1.21 bits per heavy atom. The molecular weight excluding hydrogens is 382 g/mol. The van der Waals surface area contributed by atoms with Crippen LogP contribution in [0.25, 0.3) is 0 Å². The first-order chi connectivity index (χ1) is 13.1. The van der Waals surface area contributed by atoms with E-state index in [9.17, 15) is 23.3 Å². The van der Waals surface area contributed by atoms with Crippen LogP contribution in [0, 0.1) is 17.0 Å². The molecule has 1 aliphatic rings. The van der Waals surface area contributed by atoms with Crippen LogP contribution in [0.3, 0.4) is 0 Å². The van der Waals surface area contributed by atoms with Gasteiger partial charge in [-0.15, -0.1) is 0 Å². The van der Waals surface area contributed by atoms with Crippen LogP contribution in [0.4, 0.5) is 11.4 Å². The topological polar surface area (TPSA) is 110 Å². The van der Waals surface area contributed by atoms with Crippen molar-refractivity contribution in [2.45, 2.75) is 70.9 Å². The molecule has 156 valence electrons. The summed E-state index contributed by atoms with van der Waals surface area (Å²) in [6.07, 6.45) is 8.35. The highest BCUT2D eigenvalue weighted by atomic mass is 32.2. The van der Waals surface area contributed by atoms with Crippen LogP contribution in [-0.4, -0.2) is 37.6 Å². The summed E-state index contributed by atoms with van der Waals surface area (Å²) < 4.78 is 25.9. The van der Waals surface area contributed by atoms with E-state index in [1.54, 1.807) is 6.92 Å². The second kappa shape index (κ2) is 9.36. The van der Waals surface area contributed by atoms with Gasteiger partial charge in [0.15, 0.2) is 0 Å². The Morgan fingerprint density at radius 2 is 1.79 bits per heavy atom. The number of non-ortho nitro benzene ring substituents is 1. The number of amides is 1. The van der Waals surface area contributed by atoms with Crippen LogP contribution in [-0.2, 0) is 14.8 Å². The molecule has 28 heavy (non-hydrogen) atoms. The number of hydrogen-bond acceptors (Lipinski definition) is 5. The van der Waals surface area contributed by atoms with Crippen molar-refractivity contribution >= 4 is 27.3 Å². The van der Waals surface area contributed by atoms with Crippen molar-refractivity contribution < 1.29 is 18.1 Å². The van der Waals surface area contributed by atoms with E-state index in [4.69, 9.17) is 0 Å². The lowest BCUT2D eigenvalue weighted by atomic mass is 9.96. The van der Waals surface area contributed by atoms with Gasteiger partial charge < -0.3 is 5.32 Å². The average Bonchev–Trinajstić information content (AvgIpc) is 2.57. The standard InChI is InChI=1S/C19H29N3O5S/c1-14-11-12-17(22(24)25)13-18(14)21(28(3,26)27)15(2)19(23)20-16-9-7-5-4-6-8-10-16/h11-13,15-16H,4-10H2,1-3H3,(H,20,23)/t15-/m0/s1. The van der Waals surface area contributed by atoms with Gasteiger partial charge in [-0.2, -0.15) is 0 Å². The lowest BCUT2D eigenvalue weighted by Gasteiger charge is -2.31. The summed E-state index contributed by atoms with van der Waals surface area (Å²) in [6.45, 7) is 3.17. The molecule has 0 unspecified atom stereocenters. The van der Waals surface area contributed by atoms with Crippen LogP contribution < -0.4 is 9.62 Å². The van der Waals surface area contributed by atoms with Gasteiger partial charge in [-0.3, -0.25) is 19.2 Å². The molecule has 2 rings (SSSR count). The van der Waals surface area contributed by atoms with Gasteiger partial charge >= 0.3 is 0 Å². The number of nitrogens with zero attached hydrogens (tertiary/aromatic N) is 2. The highest BCUT2D eigenvalue weighted by molar-refractivity contribution is 7.92. The molecule has 0 radical (unpaired) electrons. The summed E-state index contributed by atoms with van der Waals surface area (Å²) in [5.41, 5.74) is 0.473. The number of nitro benzene ring substituents is 1. The minimum Gasteiger partial charge on any atom is -0.352 e. The van der Waals surface area contributed by atoms with Gasteiger partial charge in [0.2, 0.25) is 15.9 Å². The summed E-state index contributed by atoms with van der Waals surface area (Å²) in [6, 6.07) is 3.03. The van der Waals surface area contributed by atoms with Gasteiger partial charge in [0.1, 0.15) is 6.04 Å². The first kappa shape index (κ1) is 22.1. The van der Waals surface area contributed by atoms with E-state index in [0.29, 0.717) is 5.56 Å². The number of rotatable bonds is 6. The molecule has 0 heterocycles. The maximum atomic E-state index is 12.8. The molecule has 0 spiro atoms. The number of benzene rings is 1. The van der Waals surface area contributed by atoms with Crippen molar-refractivity contribution in [3.05, 3.63) is 33.9 Å². The number of anilines is 1. The molecule has 0 bridgehead atoms. The quantitative estimate of drug-likeness (QED) is 0.570. The number of nitro groups is 1. The van der Waals surface area contributed by atoms with Gasteiger partial charge in [-0.05, 0) is 32.3 Å². The van der Waals surface area contributed by atoms with Crippen molar-refractivity contribution in [1.82, 2.24) is 5.32 Å². The first-order valence-electron chi connectivity index (χ1n) is 9.66. The van der Waals surface area contributed by atoms with E-state index < -0.39 is 21.0 Å². The van der Waals surface area contributed by atoms with Crippen LogP contribution in [0.1, 0.15) is 57.4 Å². The van der Waals surface area contributed by atoms with E-state index in [2.05, 4.69) is 5.32 Å². The van der Waals surface area contributed by atoms with Crippen LogP contribution in [0.15, 0.2) is 18.2 Å². The van der Waals surface area contributed by atoms with Crippen LogP contribution in [0.5, 0.6) is 0 Å². The fraction of sp³-hybridized carbons (Fsp3) is 0.632. The van der Waals surface area contributed by atoms with Gasteiger partial charge in [0, 0.05) is 18.2 Å². The molecule has 1 aliphatic carbocycles. The lowest BCUT2D eigenvalue weighted by molar-refractivity contribution is -0.384. The molecule has 1 saturated carbocycles. The molecule has 1 aromatic rings. The summed E-state index contributed by atoms with van der Waals surface area (Å²) >= 11 is 0. The largest absolute Gasteiger partial charge is 0.352 e. The summed E-state index contributed by atoms with van der Waals surface area (Å²) in [5.74, 6) is -0.387. The maximum absolute atomic E-state index is 12.8. The summed E-state index contributed by atoms with van der Waals surface area (Å²) in [7, 11) is -3.83. The number of sulfonamides is 1. The minimum atomic E-state index is -3.83. The number of aryl methyl sites for hydroxylation is 1. The Bertz CT molecular complexity index is 817. The van der Waals surface area contributed by atoms with Crippen molar-refractivity contribution in [3.63, 3.8) is 0 Å². The van der Waals surface area contributed by atoms with Gasteiger partial charge in [-0.25, -0.2) is 8.42 Å². The molecule has 8 nitrogen and oxygen atoms in total. The minimum absolute atomic E-state index is 0.0304. The Morgan fingerprint density at radius 3 is 2.32 bits per heavy atom. The zero-order chi connectivity index (χ0) is 20.9. The molecule has 1 N–H and O–H groups in total. The maximum Gasteiger partial charge on any atom is 0.271 e. The third-order valence-corrected chi connectivity index (χ3v) is 6.41. The van der Waals surface area contributed by atoms with Gasteiger partial charge in [0.05, 0.1) is 16.9 Å². The fourth-order valence-electron chi connectivity index (χ4n) is 3.65. The molecule has 1 aromatic carbocycles. The van der Waals surface area contributed by atoms with E-state index in [-0.39, 0.29) is 23.3 Å². The highest BCUT2D eigenvalue weighted by Crippen LogP contribution is 2.29.